The van der Waals surface area contributed by atoms with E-state index in [1.165, 1.54) is 7.11 Å². The van der Waals surface area contributed by atoms with Crippen LogP contribution >= 0.6 is 0 Å². The lowest BCUT2D eigenvalue weighted by molar-refractivity contribution is -0.140. The maximum Gasteiger partial charge on any atom is 0.305 e. The highest BCUT2D eigenvalue weighted by atomic mass is 16.5. The first kappa shape index (κ1) is 14.7. The third-order valence-corrected chi connectivity index (χ3v) is 3.06. The topological polar surface area (TPSA) is 72.5 Å². The number of aliphatic hydroxyl groups excluding tert-OH is 1. The van der Waals surface area contributed by atoms with Gasteiger partial charge < -0.3 is 15.6 Å². The highest BCUT2D eigenvalue weighted by Gasteiger charge is 2.19. The molecule has 0 radical (unpaired) electrons. The number of hydrogen-bond acceptors (Lipinski definition) is 4. The van der Waals surface area contributed by atoms with Gasteiger partial charge >= 0.3 is 5.97 Å². The second-order valence-electron chi connectivity index (χ2n) is 4.58. The number of methoxy groups -OCH3 is 1. The van der Waals surface area contributed by atoms with Crippen LogP contribution in [0.3, 0.4) is 0 Å². The number of aliphatic hydroxyl groups is 1. The number of benzene rings is 1. The molecule has 2 unspecified atom stereocenters. The smallest absolute Gasteiger partial charge is 0.305 e. The molecule has 0 saturated carbocycles. The fourth-order valence-electron chi connectivity index (χ4n) is 1.93. The zero-order valence-corrected chi connectivity index (χ0v) is 11.1. The van der Waals surface area contributed by atoms with Gasteiger partial charge in [-0.15, -0.1) is 0 Å². The van der Waals surface area contributed by atoms with Crippen molar-refractivity contribution in [3.8, 4) is 0 Å². The van der Waals surface area contributed by atoms with Crippen molar-refractivity contribution in [1.82, 2.24) is 0 Å². The summed E-state index contributed by atoms with van der Waals surface area (Å²) in [5, 5.41) is 10.2. The first-order chi connectivity index (χ1) is 8.45. The van der Waals surface area contributed by atoms with E-state index >= 15 is 0 Å². The molecule has 0 saturated heterocycles. The Hall–Kier alpha value is -1.39. The van der Waals surface area contributed by atoms with E-state index in [0.29, 0.717) is 6.42 Å². The molecule has 0 aliphatic heterocycles. The predicted octanol–water partition coefficient (Wildman–Crippen LogP) is 1.62. The Kier molecular flexibility index (Phi) is 5.31. The minimum atomic E-state index is -0.754. The number of ether oxygens (including phenoxy) is 1. The Balaban J connectivity index is 2.68. The largest absolute Gasteiger partial charge is 0.469 e. The molecule has 4 heteroatoms. The summed E-state index contributed by atoms with van der Waals surface area (Å²) in [6, 6.07) is 5.36. The first-order valence-electron chi connectivity index (χ1n) is 6.03. The van der Waals surface area contributed by atoms with E-state index in [2.05, 4.69) is 4.74 Å². The fraction of sp³-hybridized carbons (Fsp3) is 0.500. The molecule has 18 heavy (non-hydrogen) atoms. The number of esters is 1. The van der Waals surface area contributed by atoms with E-state index in [4.69, 9.17) is 5.73 Å². The Morgan fingerprint density at radius 2 is 2.11 bits per heavy atom. The SMILES string of the molecule is COC(=O)CCC(N)C(O)c1ccc(C)cc1C. The molecule has 0 aliphatic carbocycles. The van der Waals surface area contributed by atoms with Crippen LogP contribution in [0.15, 0.2) is 18.2 Å². The van der Waals surface area contributed by atoms with Crippen molar-refractivity contribution in [3.05, 3.63) is 34.9 Å². The monoisotopic (exact) mass is 251 g/mol. The van der Waals surface area contributed by atoms with E-state index in [-0.39, 0.29) is 12.4 Å². The highest BCUT2D eigenvalue weighted by Crippen LogP contribution is 2.22. The number of hydrogen-bond donors (Lipinski definition) is 2. The average Bonchev–Trinajstić information content (AvgIpc) is 2.34. The molecular weight excluding hydrogens is 230 g/mol. The summed E-state index contributed by atoms with van der Waals surface area (Å²) in [6.45, 7) is 3.94. The Bertz CT molecular complexity index is 418. The lowest BCUT2D eigenvalue weighted by atomic mass is 9.94. The maximum atomic E-state index is 11.0. The van der Waals surface area contributed by atoms with Gasteiger partial charge in [0.25, 0.3) is 0 Å². The molecule has 100 valence electrons. The quantitative estimate of drug-likeness (QED) is 0.780. The second kappa shape index (κ2) is 6.52. The summed E-state index contributed by atoms with van der Waals surface area (Å²) in [5.41, 5.74) is 8.87. The van der Waals surface area contributed by atoms with Crippen LogP contribution in [-0.4, -0.2) is 24.2 Å². The van der Waals surface area contributed by atoms with Gasteiger partial charge in [-0.05, 0) is 31.4 Å². The van der Waals surface area contributed by atoms with Crippen LogP contribution in [0.4, 0.5) is 0 Å². The normalized spacial score (nSPS) is 14.1. The Morgan fingerprint density at radius 1 is 1.44 bits per heavy atom. The van der Waals surface area contributed by atoms with Gasteiger partial charge in [-0.2, -0.15) is 0 Å². The molecular formula is C14H21NO3. The van der Waals surface area contributed by atoms with Crippen LogP contribution < -0.4 is 5.73 Å². The molecule has 1 aromatic carbocycles. The van der Waals surface area contributed by atoms with Gasteiger partial charge in [-0.25, -0.2) is 0 Å². The number of aryl methyl sites for hydroxylation is 2. The summed E-state index contributed by atoms with van der Waals surface area (Å²) in [7, 11) is 1.34. The van der Waals surface area contributed by atoms with Crippen molar-refractivity contribution in [2.24, 2.45) is 5.73 Å². The van der Waals surface area contributed by atoms with E-state index in [9.17, 15) is 9.90 Å². The summed E-state index contributed by atoms with van der Waals surface area (Å²) in [4.78, 5) is 11.0. The molecule has 1 rings (SSSR count). The van der Waals surface area contributed by atoms with Crippen LogP contribution in [0, 0.1) is 13.8 Å². The van der Waals surface area contributed by atoms with E-state index in [1.807, 2.05) is 32.0 Å². The maximum absolute atomic E-state index is 11.0. The molecule has 2 atom stereocenters. The standard InChI is InChI=1S/C14H21NO3/c1-9-4-5-11(10(2)8-9)14(17)12(15)6-7-13(16)18-3/h4-5,8,12,14,17H,6-7,15H2,1-3H3. The Labute approximate surface area is 108 Å². The summed E-state index contributed by atoms with van der Waals surface area (Å²) < 4.78 is 4.55. The highest BCUT2D eigenvalue weighted by molar-refractivity contribution is 5.69. The molecule has 4 nitrogen and oxygen atoms in total. The van der Waals surface area contributed by atoms with E-state index in [1.54, 1.807) is 0 Å². The molecule has 0 aromatic heterocycles. The second-order valence-corrected chi connectivity index (χ2v) is 4.58. The average molecular weight is 251 g/mol. The lowest BCUT2D eigenvalue weighted by Gasteiger charge is -2.20. The summed E-state index contributed by atoms with van der Waals surface area (Å²) in [6.07, 6.45) is -0.129. The predicted molar refractivity (Wildman–Crippen MR) is 70.1 cm³/mol. The van der Waals surface area contributed by atoms with Gasteiger partial charge in [-0.1, -0.05) is 23.8 Å². The molecule has 0 bridgehead atoms. The molecule has 0 fully saturated rings. The van der Waals surface area contributed by atoms with Crippen LogP contribution in [0.1, 0.15) is 35.6 Å². The van der Waals surface area contributed by atoms with Crippen molar-refractivity contribution in [2.75, 3.05) is 7.11 Å². The summed E-state index contributed by atoms with van der Waals surface area (Å²) in [5.74, 6) is -0.307. The number of carbonyl (C=O) groups excluding carboxylic acids is 1. The van der Waals surface area contributed by atoms with Crippen LogP contribution in [-0.2, 0) is 9.53 Å². The van der Waals surface area contributed by atoms with Crippen molar-refractivity contribution >= 4 is 5.97 Å². The fourth-order valence-corrected chi connectivity index (χ4v) is 1.93. The van der Waals surface area contributed by atoms with Crippen LogP contribution in [0.5, 0.6) is 0 Å². The number of nitrogens with two attached hydrogens (primary N) is 1. The minimum absolute atomic E-state index is 0.222. The van der Waals surface area contributed by atoms with Gasteiger partial charge in [0.1, 0.15) is 0 Å². The molecule has 1 aromatic rings. The number of rotatable bonds is 5. The van der Waals surface area contributed by atoms with Gasteiger partial charge in [0.2, 0.25) is 0 Å². The number of carbonyl (C=O) groups is 1. The van der Waals surface area contributed by atoms with Gasteiger partial charge in [0.15, 0.2) is 0 Å². The van der Waals surface area contributed by atoms with Gasteiger partial charge in [0.05, 0.1) is 13.2 Å². The van der Waals surface area contributed by atoms with Crippen LogP contribution in [0.2, 0.25) is 0 Å². The van der Waals surface area contributed by atoms with E-state index < -0.39 is 12.1 Å². The molecule has 0 heterocycles. The Morgan fingerprint density at radius 3 is 2.67 bits per heavy atom. The molecule has 0 spiro atoms. The van der Waals surface area contributed by atoms with Crippen molar-refractivity contribution in [3.63, 3.8) is 0 Å². The first-order valence-corrected chi connectivity index (χ1v) is 6.03. The lowest BCUT2D eigenvalue weighted by Crippen LogP contribution is -2.29. The third-order valence-electron chi connectivity index (χ3n) is 3.06. The van der Waals surface area contributed by atoms with E-state index in [0.717, 1.165) is 16.7 Å². The zero-order chi connectivity index (χ0) is 13.7. The van der Waals surface area contributed by atoms with Crippen LogP contribution in [0.25, 0.3) is 0 Å². The third kappa shape index (κ3) is 3.82. The minimum Gasteiger partial charge on any atom is -0.469 e. The summed E-state index contributed by atoms with van der Waals surface area (Å²) >= 11 is 0. The van der Waals surface area contributed by atoms with Gasteiger partial charge in [0, 0.05) is 12.5 Å². The van der Waals surface area contributed by atoms with Gasteiger partial charge in [-0.3, -0.25) is 4.79 Å². The van der Waals surface area contributed by atoms with Crippen molar-refractivity contribution in [2.45, 2.75) is 38.8 Å². The molecule has 0 aliphatic rings. The molecule has 3 N–H and O–H groups in total. The van der Waals surface area contributed by atoms with Crippen molar-refractivity contribution in [1.29, 1.82) is 0 Å². The van der Waals surface area contributed by atoms with Crippen molar-refractivity contribution < 1.29 is 14.6 Å². The molecule has 0 amide bonds. The zero-order valence-electron chi connectivity index (χ0n) is 11.1.